The Balaban J connectivity index is 2.23. The van der Waals surface area contributed by atoms with Gasteiger partial charge >= 0.3 is 5.97 Å². The van der Waals surface area contributed by atoms with Gasteiger partial charge < -0.3 is 10.1 Å². The van der Waals surface area contributed by atoms with Gasteiger partial charge in [-0.15, -0.1) is 0 Å². The molecule has 1 saturated carbocycles. The fourth-order valence-electron chi connectivity index (χ4n) is 2.81. The molecule has 2 aromatic rings. The van der Waals surface area contributed by atoms with Gasteiger partial charge in [-0.05, 0) is 37.5 Å². The second-order valence-electron chi connectivity index (χ2n) is 5.08. The molecule has 3 rings (SSSR count). The fraction of sp³-hybridized carbons (Fsp3) is 0.357. The number of aromatic amines is 1. The largest absolute Gasteiger partial charge is 0.481 e. The van der Waals surface area contributed by atoms with Gasteiger partial charge in [-0.1, -0.05) is 24.1 Å². The van der Waals surface area contributed by atoms with Crippen LogP contribution in [0.3, 0.4) is 0 Å². The summed E-state index contributed by atoms with van der Waals surface area (Å²) in [5, 5.41) is 11.0. The second kappa shape index (κ2) is 3.75. The zero-order valence-corrected chi connectivity index (χ0v) is 10.8. The van der Waals surface area contributed by atoms with Gasteiger partial charge in [0.15, 0.2) is 0 Å². The lowest BCUT2D eigenvalue weighted by Crippen LogP contribution is -2.42. The summed E-state index contributed by atoms with van der Waals surface area (Å²) in [6.07, 6.45) is 2.31. The molecule has 1 heterocycles. The molecule has 0 saturated heterocycles. The molecule has 0 radical (unpaired) electrons. The summed E-state index contributed by atoms with van der Waals surface area (Å²) in [7, 11) is 0. The van der Waals surface area contributed by atoms with Crippen LogP contribution in [-0.4, -0.2) is 16.1 Å². The van der Waals surface area contributed by atoms with E-state index >= 15 is 0 Å². The van der Waals surface area contributed by atoms with Crippen LogP contribution < -0.4 is 0 Å². The molecule has 0 spiro atoms. The number of carboxylic acids is 1. The molecule has 1 aliphatic carbocycles. The topological polar surface area (TPSA) is 53.1 Å². The van der Waals surface area contributed by atoms with Gasteiger partial charge in [-0.3, -0.25) is 4.79 Å². The summed E-state index contributed by atoms with van der Waals surface area (Å²) in [6.45, 7) is 1.96. The van der Waals surface area contributed by atoms with Gasteiger partial charge in [0.25, 0.3) is 0 Å². The minimum atomic E-state index is -0.767. The Morgan fingerprint density at radius 3 is 2.72 bits per heavy atom. The molecule has 0 aliphatic heterocycles. The summed E-state index contributed by atoms with van der Waals surface area (Å²) in [6, 6.07) is 5.75. The smallest absolute Gasteiger partial charge is 0.314 e. The Labute approximate surface area is 110 Å². The van der Waals surface area contributed by atoms with E-state index in [4.69, 9.17) is 11.6 Å². The zero-order valence-electron chi connectivity index (χ0n) is 10.1. The van der Waals surface area contributed by atoms with Crippen molar-refractivity contribution >= 4 is 28.5 Å². The molecule has 3 nitrogen and oxygen atoms in total. The summed E-state index contributed by atoms with van der Waals surface area (Å²) >= 11 is 6.41. The Hall–Kier alpha value is -1.48. The predicted molar refractivity (Wildman–Crippen MR) is 71.2 cm³/mol. The van der Waals surface area contributed by atoms with Gasteiger partial charge in [0.05, 0.1) is 10.4 Å². The van der Waals surface area contributed by atoms with Crippen molar-refractivity contribution in [2.75, 3.05) is 0 Å². The number of nitrogens with one attached hydrogen (secondary N) is 1. The van der Waals surface area contributed by atoms with Gasteiger partial charge in [0, 0.05) is 16.6 Å². The van der Waals surface area contributed by atoms with Crippen LogP contribution >= 0.6 is 11.6 Å². The first kappa shape index (κ1) is 11.6. The van der Waals surface area contributed by atoms with Crippen LogP contribution in [0.4, 0.5) is 0 Å². The number of halogens is 1. The number of aryl methyl sites for hydroxylation is 1. The quantitative estimate of drug-likeness (QED) is 0.869. The van der Waals surface area contributed by atoms with Crippen LogP contribution in [0.15, 0.2) is 18.2 Å². The van der Waals surface area contributed by atoms with Crippen molar-refractivity contribution in [3.8, 4) is 0 Å². The maximum atomic E-state index is 11.5. The van der Waals surface area contributed by atoms with Gasteiger partial charge in [0.2, 0.25) is 0 Å². The molecule has 0 amide bonds. The molecule has 94 valence electrons. The lowest BCUT2D eigenvalue weighted by Gasteiger charge is -2.38. The lowest BCUT2D eigenvalue weighted by atomic mass is 9.64. The molecule has 0 unspecified atom stereocenters. The number of hydrogen-bond donors (Lipinski definition) is 2. The predicted octanol–water partition coefficient (Wildman–Crippen LogP) is 3.64. The van der Waals surface area contributed by atoms with Crippen molar-refractivity contribution < 1.29 is 9.90 Å². The third-order valence-corrected chi connectivity index (χ3v) is 4.41. The summed E-state index contributed by atoms with van der Waals surface area (Å²) < 4.78 is 0. The number of aromatic nitrogens is 1. The monoisotopic (exact) mass is 263 g/mol. The number of hydrogen-bond acceptors (Lipinski definition) is 1. The molecule has 0 bridgehead atoms. The van der Waals surface area contributed by atoms with Gasteiger partial charge in [-0.25, -0.2) is 0 Å². The molecule has 1 fully saturated rings. The third kappa shape index (κ3) is 1.40. The van der Waals surface area contributed by atoms with E-state index in [1.807, 2.05) is 25.1 Å². The summed E-state index contributed by atoms with van der Waals surface area (Å²) in [4.78, 5) is 14.7. The summed E-state index contributed by atoms with van der Waals surface area (Å²) in [5.41, 5.74) is 1.98. The van der Waals surface area contributed by atoms with Crippen molar-refractivity contribution in [2.24, 2.45) is 0 Å². The molecule has 0 atom stereocenters. The maximum absolute atomic E-state index is 11.5. The molecular formula is C14H14ClNO2. The number of carbonyl (C=O) groups is 1. The van der Waals surface area contributed by atoms with E-state index in [-0.39, 0.29) is 0 Å². The van der Waals surface area contributed by atoms with Crippen molar-refractivity contribution in [1.29, 1.82) is 0 Å². The average Bonchev–Trinajstić information content (AvgIpc) is 2.61. The van der Waals surface area contributed by atoms with Gasteiger partial charge in [-0.2, -0.15) is 0 Å². The minimum Gasteiger partial charge on any atom is -0.481 e. The summed E-state index contributed by atoms with van der Waals surface area (Å²) in [5.74, 6) is -0.762. The Bertz CT molecular complexity index is 641. The van der Waals surface area contributed by atoms with Crippen LogP contribution in [0.1, 0.15) is 30.5 Å². The van der Waals surface area contributed by atoms with Crippen LogP contribution in [0.2, 0.25) is 5.02 Å². The molecule has 1 aromatic carbocycles. The Morgan fingerprint density at radius 2 is 2.17 bits per heavy atom. The SMILES string of the molecule is Cc1cc2c(Cl)c(C3(C(=O)O)CCC3)ccc2[nH]1. The molecule has 2 N–H and O–H groups in total. The van der Waals surface area contributed by atoms with Crippen molar-refractivity contribution in [1.82, 2.24) is 4.98 Å². The number of rotatable bonds is 2. The van der Waals surface area contributed by atoms with Crippen LogP contribution in [0, 0.1) is 6.92 Å². The van der Waals surface area contributed by atoms with E-state index in [9.17, 15) is 9.90 Å². The van der Waals surface area contributed by atoms with Crippen LogP contribution in [0.25, 0.3) is 10.9 Å². The highest BCUT2D eigenvalue weighted by Crippen LogP contribution is 2.48. The maximum Gasteiger partial charge on any atom is 0.314 e. The first-order valence-corrected chi connectivity index (χ1v) is 6.44. The first-order valence-electron chi connectivity index (χ1n) is 6.06. The van der Waals surface area contributed by atoms with Gasteiger partial charge in [0.1, 0.15) is 0 Å². The third-order valence-electron chi connectivity index (χ3n) is 4.00. The fourth-order valence-corrected chi connectivity index (χ4v) is 3.21. The second-order valence-corrected chi connectivity index (χ2v) is 5.46. The number of H-pyrrole nitrogens is 1. The van der Waals surface area contributed by atoms with E-state index < -0.39 is 11.4 Å². The molecular weight excluding hydrogens is 250 g/mol. The van der Waals surface area contributed by atoms with Crippen LogP contribution in [-0.2, 0) is 10.2 Å². The molecule has 1 aliphatic rings. The van der Waals surface area contributed by atoms with E-state index in [1.165, 1.54) is 0 Å². The Morgan fingerprint density at radius 1 is 1.44 bits per heavy atom. The van der Waals surface area contributed by atoms with E-state index in [1.54, 1.807) is 0 Å². The molecule has 1 aromatic heterocycles. The number of carboxylic acid groups (broad SMARTS) is 1. The highest BCUT2D eigenvalue weighted by Gasteiger charge is 2.47. The molecule has 18 heavy (non-hydrogen) atoms. The minimum absolute atomic E-state index is 0.582. The van der Waals surface area contributed by atoms with E-state index in [2.05, 4.69) is 4.98 Å². The number of fused-ring (bicyclic) bond motifs is 1. The van der Waals surface area contributed by atoms with Crippen molar-refractivity contribution in [3.63, 3.8) is 0 Å². The zero-order chi connectivity index (χ0) is 12.9. The Kier molecular flexibility index (Phi) is 2.42. The number of benzene rings is 1. The number of aliphatic carboxylic acids is 1. The average molecular weight is 264 g/mol. The first-order chi connectivity index (χ1) is 8.54. The molecule has 4 heteroatoms. The van der Waals surface area contributed by atoms with Crippen molar-refractivity contribution in [2.45, 2.75) is 31.6 Å². The highest BCUT2D eigenvalue weighted by atomic mass is 35.5. The highest BCUT2D eigenvalue weighted by molar-refractivity contribution is 6.36. The normalized spacial score (nSPS) is 17.7. The van der Waals surface area contributed by atoms with Crippen molar-refractivity contribution in [3.05, 3.63) is 34.5 Å². The van der Waals surface area contributed by atoms with E-state index in [0.29, 0.717) is 17.9 Å². The van der Waals surface area contributed by atoms with E-state index in [0.717, 1.165) is 28.6 Å². The van der Waals surface area contributed by atoms with Crippen LogP contribution in [0.5, 0.6) is 0 Å². The lowest BCUT2D eigenvalue weighted by molar-refractivity contribution is -0.147. The standard InChI is InChI=1S/C14H14ClNO2/c1-8-7-9-11(16-8)4-3-10(12(9)15)14(13(17)18)5-2-6-14/h3-4,7,16H,2,5-6H2,1H3,(H,17,18).